The number of fused-ring (bicyclic) bond motifs is 1. The SMILES string of the molecule is Cc1cn2c(C(O)CC(C)c3ccccc3)cnc2s1. The highest BCUT2D eigenvalue weighted by Gasteiger charge is 2.18. The summed E-state index contributed by atoms with van der Waals surface area (Å²) >= 11 is 1.65. The molecular formula is C16H18N2OS. The number of aliphatic hydroxyl groups is 1. The summed E-state index contributed by atoms with van der Waals surface area (Å²) < 4.78 is 2.00. The fraction of sp³-hybridized carbons (Fsp3) is 0.312. The quantitative estimate of drug-likeness (QED) is 0.789. The third-order valence-corrected chi connectivity index (χ3v) is 4.55. The average molecular weight is 286 g/mol. The predicted molar refractivity (Wildman–Crippen MR) is 82.2 cm³/mol. The molecule has 2 aromatic heterocycles. The molecule has 0 bridgehead atoms. The van der Waals surface area contributed by atoms with Crippen molar-refractivity contribution in [1.29, 1.82) is 0 Å². The summed E-state index contributed by atoms with van der Waals surface area (Å²) in [7, 11) is 0. The smallest absolute Gasteiger partial charge is 0.194 e. The van der Waals surface area contributed by atoms with Crippen molar-refractivity contribution in [3.05, 3.63) is 58.9 Å². The van der Waals surface area contributed by atoms with E-state index in [1.165, 1.54) is 10.4 Å². The molecule has 0 radical (unpaired) electrons. The molecule has 2 unspecified atom stereocenters. The first-order valence-electron chi connectivity index (χ1n) is 6.81. The Labute approximate surface area is 122 Å². The van der Waals surface area contributed by atoms with Gasteiger partial charge in [-0.05, 0) is 24.8 Å². The Morgan fingerprint density at radius 1 is 1.30 bits per heavy atom. The molecule has 1 aromatic carbocycles. The van der Waals surface area contributed by atoms with Crippen LogP contribution in [0.15, 0.2) is 42.7 Å². The number of imidazole rings is 1. The maximum Gasteiger partial charge on any atom is 0.194 e. The van der Waals surface area contributed by atoms with Gasteiger partial charge in [0.1, 0.15) is 0 Å². The normalized spacial score (nSPS) is 14.6. The Hall–Kier alpha value is -1.65. The third-order valence-electron chi connectivity index (χ3n) is 3.64. The van der Waals surface area contributed by atoms with Gasteiger partial charge in [-0.2, -0.15) is 0 Å². The fourth-order valence-corrected chi connectivity index (χ4v) is 3.34. The number of thiazole rings is 1. The lowest BCUT2D eigenvalue weighted by Crippen LogP contribution is -2.05. The van der Waals surface area contributed by atoms with Crippen LogP contribution in [-0.2, 0) is 0 Å². The van der Waals surface area contributed by atoms with Crippen LogP contribution >= 0.6 is 11.3 Å². The molecule has 3 aromatic rings. The summed E-state index contributed by atoms with van der Waals surface area (Å²) in [4.78, 5) is 6.52. The molecule has 0 aliphatic heterocycles. The van der Waals surface area contributed by atoms with Crippen molar-refractivity contribution in [2.24, 2.45) is 0 Å². The minimum atomic E-state index is -0.491. The van der Waals surface area contributed by atoms with Gasteiger partial charge in [-0.1, -0.05) is 37.3 Å². The lowest BCUT2D eigenvalue weighted by molar-refractivity contribution is 0.154. The van der Waals surface area contributed by atoms with E-state index in [4.69, 9.17) is 0 Å². The Morgan fingerprint density at radius 2 is 2.05 bits per heavy atom. The molecule has 0 amide bonds. The molecular weight excluding hydrogens is 268 g/mol. The van der Waals surface area contributed by atoms with Crippen molar-refractivity contribution in [2.45, 2.75) is 32.3 Å². The summed E-state index contributed by atoms with van der Waals surface area (Å²) in [6, 6.07) is 10.3. The summed E-state index contributed by atoms with van der Waals surface area (Å²) in [5.74, 6) is 0.316. The van der Waals surface area contributed by atoms with Crippen LogP contribution in [0, 0.1) is 6.92 Å². The van der Waals surface area contributed by atoms with Gasteiger partial charge in [0.2, 0.25) is 0 Å². The number of aliphatic hydroxyl groups excluding tert-OH is 1. The molecule has 4 heteroatoms. The van der Waals surface area contributed by atoms with Crippen LogP contribution in [0.5, 0.6) is 0 Å². The third kappa shape index (κ3) is 2.49. The second-order valence-electron chi connectivity index (χ2n) is 5.24. The van der Waals surface area contributed by atoms with E-state index in [0.29, 0.717) is 12.3 Å². The Morgan fingerprint density at radius 3 is 2.80 bits per heavy atom. The molecule has 2 atom stereocenters. The minimum absolute atomic E-state index is 0.316. The molecule has 0 saturated heterocycles. The van der Waals surface area contributed by atoms with Crippen molar-refractivity contribution in [3.63, 3.8) is 0 Å². The first-order valence-corrected chi connectivity index (χ1v) is 7.63. The van der Waals surface area contributed by atoms with Crippen LogP contribution in [0.3, 0.4) is 0 Å². The van der Waals surface area contributed by atoms with Gasteiger partial charge in [-0.25, -0.2) is 4.98 Å². The van der Waals surface area contributed by atoms with Gasteiger partial charge >= 0.3 is 0 Å². The van der Waals surface area contributed by atoms with Crippen molar-refractivity contribution < 1.29 is 5.11 Å². The van der Waals surface area contributed by atoms with Gasteiger partial charge in [0.25, 0.3) is 0 Å². The molecule has 1 N–H and O–H groups in total. The summed E-state index contributed by atoms with van der Waals surface area (Å²) in [6.45, 7) is 4.21. The van der Waals surface area contributed by atoms with Crippen LogP contribution in [-0.4, -0.2) is 14.5 Å². The zero-order chi connectivity index (χ0) is 14.1. The van der Waals surface area contributed by atoms with E-state index < -0.39 is 6.10 Å². The average Bonchev–Trinajstić information content (AvgIpc) is 2.98. The molecule has 104 valence electrons. The van der Waals surface area contributed by atoms with Crippen molar-refractivity contribution in [3.8, 4) is 0 Å². The number of rotatable bonds is 4. The molecule has 0 aliphatic rings. The second-order valence-corrected chi connectivity index (χ2v) is 6.45. The maximum absolute atomic E-state index is 10.5. The van der Waals surface area contributed by atoms with Crippen LogP contribution in [0.4, 0.5) is 0 Å². The zero-order valence-electron chi connectivity index (χ0n) is 11.7. The number of benzene rings is 1. The number of aryl methyl sites for hydroxylation is 1. The first kappa shape index (κ1) is 13.3. The van der Waals surface area contributed by atoms with Gasteiger partial charge in [-0.15, -0.1) is 11.3 Å². The highest BCUT2D eigenvalue weighted by molar-refractivity contribution is 7.16. The molecule has 0 aliphatic carbocycles. The van der Waals surface area contributed by atoms with Crippen LogP contribution in [0.25, 0.3) is 4.96 Å². The molecule has 0 saturated carbocycles. The maximum atomic E-state index is 10.5. The molecule has 3 nitrogen and oxygen atoms in total. The zero-order valence-corrected chi connectivity index (χ0v) is 12.5. The van der Waals surface area contributed by atoms with Crippen molar-refractivity contribution in [2.75, 3.05) is 0 Å². The topological polar surface area (TPSA) is 37.5 Å². The minimum Gasteiger partial charge on any atom is -0.387 e. The van der Waals surface area contributed by atoms with Gasteiger partial charge in [-0.3, -0.25) is 4.40 Å². The van der Waals surface area contributed by atoms with Crippen molar-refractivity contribution in [1.82, 2.24) is 9.38 Å². The molecule has 20 heavy (non-hydrogen) atoms. The standard InChI is InChI=1S/C16H18N2OS/c1-11(13-6-4-3-5-7-13)8-15(19)14-9-17-16-18(14)10-12(2)20-16/h3-7,9-11,15,19H,8H2,1-2H3. The van der Waals surface area contributed by atoms with Crippen LogP contribution in [0.1, 0.15) is 41.5 Å². The number of hydrogen-bond acceptors (Lipinski definition) is 3. The molecule has 0 spiro atoms. The Balaban J connectivity index is 1.80. The monoisotopic (exact) mass is 286 g/mol. The predicted octanol–water partition coefficient (Wildman–Crippen LogP) is 3.93. The van der Waals surface area contributed by atoms with E-state index in [2.05, 4.69) is 31.0 Å². The van der Waals surface area contributed by atoms with Gasteiger partial charge < -0.3 is 5.11 Å². The van der Waals surface area contributed by atoms with Gasteiger partial charge in [0.15, 0.2) is 4.96 Å². The highest BCUT2D eigenvalue weighted by Crippen LogP contribution is 2.29. The second kappa shape index (κ2) is 5.38. The van der Waals surface area contributed by atoms with E-state index in [1.54, 1.807) is 17.5 Å². The van der Waals surface area contributed by atoms with Crippen LogP contribution < -0.4 is 0 Å². The van der Waals surface area contributed by atoms with E-state index in [1.807, 2.05) is 28.8 Å². The summed E-state index contributed by atoms with van der Waals surface area (Å²) in [6.07, 6.45) is 4.04. The first-order chi connectivity index (χ1) is 9.65. The summed E-state index contributed by atoms with van der Waals surface area (Å²) in [5, 5.41) is 10.5. The van der Waals surface area contributed by atoms with E-state index in [9.17, 15) is 5.11 Å². The van der Waals surface area contributed by atoms with Crippen LogP contribution in [0.2, 0.25) is 0 Å². The molecule has 2 heterocycles. The number of aromatic nitrogens is 2. The molecule has 0 fully saturated rings. The Bertz CT molecular complexity index is 702. The summed E-state index contributed by atoms with van der Waals surface area (Å²) in [5.41, 5.74) is 2.14. The fourth-order valence-electron chi connectivity index (χ4n) is 2.53. The van der Waals surface area contributed by atoms with Crippen molar-refractivity contribution >= 4 is 16.3 Å². The Kier molecular flexibility index (Phi) is 3.59. The highest BCUT2D eigenvalue weighted by atomic mass is 32.1. The van der Waals surface area contributed by atoms with E-state index in [0.717, 1.165) is 10.7 Å². The lowest BCUT2D eigenvalue weighted by atomic mass is 9.94. The number of hydrogen-bond donors (Lipinski definition) is 1. The number of nitrogens with zero attached hydrogens (tertiary/aromatic N) is 2. The van der Waals surface area contributed by atoms with Gasteiger partial charge in [0, 0.05) is 11.1 Å². The largest absolute Gasteiger partial charge is 0.387 e. The van der Waals surface area contributed by atoms with E-state index >= 15 is 0 Å². The van der Waals surface area contributed by atoms with E-state index in [-0.39, 0.29) is 0 Å². The van der Waals surface area contributed by atoms with Gasteiger partial charge in [0.05, 0.1) is 18.0 Å². The lowest BCUT2D eigenvalue weighted by Gasteiger charge is -2.16. The molecule has 3 rings (SSSR count).